The molecule has 0 fully saturated rings. The van der Waals surface area contributed by atoms with Gasteiger partial charge in [-0.25, -0.2) is 9.78 Å². The van der Waals surface area contributed by atoms with Gasteiger partial charge in [-0.15, -0.1) is 0 Å². The van der Waals surface area contributed by atoms with Crippen molar-refractivity contribution in [2.45, 2.75) is 0 Å². The SMILES string of the molecule is Cn1c(=O)c2c(-c3cccc(Br)c3)n(-c3ccccn3)cc2n(C)c1=O. The number of halogens is 1. The van der Waals surface area contributed by atoms with Gasteiger partial charge in [-0.2, -0.15) is 0 Å². The lowest BCUT2D eigenvalue weighted by molar-refractivity contribution is 0.714. The Morgan fingerprint density at radius 2 is 1.81 bits per heavy atom. The summed E-state index contributed by atoms with van der Waals surface area (Å²) in [5.41, 5.74) is 1.44. The van der Waals surface area contributed by atoms with Crippen molar-refractivity contribution in [3.63, 3.8) is 0 Å². The first-order valence-corrected chi connectivity index (χ1v) is 8.77. The highest BCUT2D eigenvalue weighted by molar-refractivity contribution is 9.10. The average molecular weight is 411 g/mol. The van der Waals surface area contributed by atoms with Crippen LogP contribution in [0.4, 0.5) is 0 Å². The maximum absolute atomic E-state index is 12.9. The van der Waals surface area contributed by atoms with Crippen LogP contribution in [0.5, 0.6) is 0 Å². The lowest BCUT2D eigenvalue weighted by atomic mass is 10.1. The first-order valence-electron chi connectivity index (χ1n) is 7.97. The number of nitrogens with zero attached hydrogens (tertiary/aromatic N) is 4. The van der Waals surface area contributed by atoms with Crippen LogP contribution in [0.15, 0.2) is 68.9 Å². The topological polar surface area (TPSA) is 61.8 Å². The Bertz CT molecular complexity index is 1250. The second-order valence-electron chi connectivity index (χ2n) is 6.01. The van der Waals surface area contributed by atoms with Gasteiger partial charge in [0.05, 0.1) is 16.6 Å². The molecule has 0 unspecified atom stereocenters. The molecule has 7 heteroatoms. The summed E-state index contributed by atoms with van der Waals surface area (Å²) in [7, 11) is 3.16. The normalized spacial score (nSPS) is 11.2. The van der Waals surface area contributed by atoms with Gasteiger partial charge in [0.1, 0.15) is 5.82 Å². The first-order chi connectivity index (χ1) is 12.5. The summed E-state index contributed by atoms with van der Waals surface area (Å²) in [6, 6.07) is 13.3. The number of benzene rings is 1. The molecule has 1 aromatic carbocycles. The van der Waals surface area contributed by atoms with Gasteiger partial charge in [-0.1, -0.05) is 34.1 Å². The molecule has 0 aliphatic heterocycles. The molecule has 3 heterocycles. The minimum absolute atomic E-state index is 0.326. The molecule has 0 bridgehead atoms. The zero-order chi connectivity index (χ0) is 18.4. The van der Waals surface area contributed by atoms with Gasteiger partial charge in [0.25, 0.3) is 5.56 Å². The highest BCUT2D eigenvalue weighted by Crippen LogP contribution is 2.31. The first kappa shape index (κ1) is 16.5. The van der Waals surface area contributed by atoms with E-state index in [0.717, 1.165) is 14.6 Å². The van der Waals surface area contributed by atoms with Crippen molar-refractivity contribution < 1.29 is 0 Å². The molecule has 3 aromatic heterocycles. The van der Waals surface area contributed by atoms with Crippen LogP contribution in [-0.2, 0) is 14.1 Å². The molecule has 0 aliphatic rings. The Morgan fingerprint density at radius 3 is 2.50 bits per heavy atom. The van der Waals surface area contributed by atoms with Crippen molar-refractivity contribution in [3.8, 4) is 17.1 Å². The third-order valence-electron chi connectivity index (χ3n) is 4.43. The van der Waals surface area contributed by atoms with E-state index in [2.05, 4.69) is 20.9 Å². The lowest BCUT2D eigenvalue weighted by Crippen LogP contribution is -2.36. The molecule has 0 saturated heterocycles. The molecule has 4 aromatic rings. The van der Waals surface area contributed by atoms with E-state index < -0.39 is 0 Å². The standard InChI is InChI=1S/C19H15BrN4O2/c1-22-14-11-24(15-8-3-4-9-21-15)17(12-6-5-7-13(20)10-12)16(14)18(25)23(2)19(22)26/h3-11H,1-2H3. The Morgan fingerprint density at radius 1 is 1.00 bits per heavy atom. The highest BCUT2D eigenvalue weighted by atomic mass is 79.9. The smallest absolute Gasteiger partial charge is 0.298 e. The van der Waals surface area contributed by atoms with Crippen LogP contribution in [0.3, 0.4) is 0 Å². The molecular weight excluding hydrogens is 396 g/mol. The molecule has 0 aliphatic carbocycles. The molecule has 0 saturated carbocycles. The van der Waals surface area contributed by atoms with Gasteiger partial charge in [0.15, 0.2) is 0 Å². The summed E-state index contributed by atoms with van der Waals surface area (Å²) in [5.74, 6) is 0.674. The second-order valence-corrected chi connectivity index (χ2v) is 6.93. The fraction of sp³-hybridized carbons (Fsp3) is 0.105. The molecule has 0 spiro atoms. The quantitative estimate of drug-likeness (QED) is 0.510. The van der Waals surface area contributed by atoms with Crippen molar-refractivity contribution in [1.29, 1.82) is 0 Å². The van der Waals surface area contributed by atoms with Crippen molar-refractivity contribution in [3.05, 3.63) is 80.2 Å². The van der Waals surface area contributed by atoms with Gasteiger partial charge in [-0.05, 0) is 24.3 Å². The molecule has 130 valence electrons. The summed E-state index contributed by atoms with van der Waals surface area (Å²) < 4.78 is 5.37. The number of pyridine rings is 1. The molecule has 0 radical (unpaired) electrons. The molecule has 6 nitrogen and oxygen atoms in total. The van der Waals surface area contributed by atoms with Crippen LogP contribution in [0, 0.1) is 0 Å². The van der Waals surface area contributed by atoms with Crippen molar-refractivity contribution >= 4 is 26.8 Å². The predicted octanol–water partition coefficient (Wildman–Crippen LogP) is 2.85. The van der Waals surface area contributed by atoms with E-state index in [1.165, 1.54) is 11.6 Å². The van der Waals surface area contributed by atoms with Crippen LogP contribution in [0.2, 0.25) is 0 Å². The van der Waals surface area contributed by atoms with E-state index in [1.54, 1.807) is 19.4 Å². The van der Waals surface area contributed by atoms with E-state index in [1.807, 2.05) is 47.0 Å². The third-order valence-corrected chi connectivity index (χ3v) is 4.93. The van der Waals surface area contributed by atoms with E-state index in [9.17, 15) is 9.59 Å². The average Bonchev–Trinajstić information content (AvgIpc) is 3.06. The Labute approximate surface area is 157 Å². The van der Waals surface area contributed by atoms with Gasteiger partial charge < -0.3 is 0 Å². The van der Waals surface area contributed by atoms with E-state index in [0.29, 0.717) is 22.4 Å². The number of hydrogen-bond donors (Lipinski definition) is 0. The monoisotopic (exact) mass is 410 g/mol. The molecule has 0 amide bonds. The number of hydrogen-bond acceptors (Lipinski definition) is 3. The predicted molar refractivity (Wildman–Crippen MR) is 105 cm³/mol. The van der Waals surface area contributed by atoms with Crippen LogP contribution in [-0.4, -0.2) is 18.7 Å². The van der Waals surface area contributed by atoms with Gasteiger partial charge in [0, 0.05) is 36.5 Å². The van der Waals surface area contributed by atoms with Crippen LogP contribution < -0.4 is 11.2 Å². The summed E-state index contributed by atoms with van der Waals surface area (Å²) in [5, 5.41) is 0.485. The molecular formula is C19H15BrN4O2. The molecule has 0 N–H and O–H groups in total. The minimum Gasteiger partial charge on any atom is -0.298 e. The largest absolute Gasteiger partial charge is 0.330 e. The van der Waals surface area contributed by atoms with Crippen molar-refractivity contribution in [2.75, 3.05) is 0 Å². The zero-order valence-electron chi connectivity index (χ0n) is 14.2. The van der Waals surface area contributed by atoms with E-state index >= 15 is 0 Å². The maximum Gasteiger partial charge on any atom is 0.330 e. The van der Waals surface area contributed by atoms with Crippen molar-refractivity contribution in [2.24, 2.45) is 14.1 Å². The number of rotatable bonds is 2. The van der Waals surface area contributed by atoms with Crippen molar-refractivity contribution in [1.82, 2.24) is 18.7 Å². The Balaban J connectivity index is 2.23. The van der Waals surface area contributed by atoms with Crippen LogP contribution >= 0.6 is 15.9 Å². The lowest BCUT2D eigenvalue weighted by Gasteiger charge is -2.09. The number of fused-ring (bicyclic) bond motifs is 1. The second kappa shape index (κ2) is 6.10. The number of aromatic nitrogens is 4. The van der Waals surface area contributed by atoms with Crippen LogP contribution in [0.1, 0.15) is 0 Å². The number of aryl methyl sites for hydroxylation is 1. The highest BCUT2D eigenvalue weighted by Gasteiger charge is 2.20. The summed E-state index contributed by atoms with van der Waals surface area (Å²) in [4.78, 5) is 29.7. The summed E-state index contributed by atoms with van der Waals surface area (Å²) in [6.07, 6.45) is 3.48. The van der Waals surface area contributed by atoms with Gasteiger partial charge >= 0.3 is 5.69 Å². The van der Waals surface area contributed by atoms with E-state index in [4.69, 9.17) is 0 Å². The fourth-order valence-electron chi connectivity index (χ4n) is 3.14. The third kappa shape index (κ3) is 2.43. The summed E-state index contributed by atoms with van der Waals surface area (Å²) >= 11 is 3.49. The Hall–Kier alpha value is -2.93. The Kier molecular flexibility index (Phi) is 3.88. The van der Waals surface area contributed by atoms with E-state index in [-0.39, 0.29) is 11.2 Å². The van der Waals surface area contributed by atoms with Gasteiger partial charge in [-0.3, -0.25) is 18.5 Å². The van der Waals surface area contributed by atoms with Gasteiger partial charge in [0.2, 0.25) is 0 Å². The summed E-state index contributed by atoms with van der Waals surface area (Å²) in [6.45, 7) is 0. The zero-order valence-corrected chi connectivity index (χ0v) is 15.8. The van der Waals surface area contributed by atoms with Crippen LogP contribution in [0.25, 0.3) is 28.0 Å². The fourth-order valence-corrected chi connectivity index (χ4v) is 3.54. The molecule has 4 rings (SSSR count). The maximum atomic E-state index is 12.9. The molecule has 26 heavy (non-hydrogen) atoms. The molecule has 0 atom stereocenters. The minimum atomic E-state index is -0.360.